The number of nitrogens with zero attached hydrogens (tertiary/aromatic N) is 1. The smallest absolute Gasteiger partial charge is 0.237 e. The van der Waals surface area contributed by atoms with Crippen LogP contribution >= 0.6 is 0 Å². The van der Waals surface area contributed by atoms with Gasteiger partial charge in [-0.1, -0.05) is 48.5 Å². The molecule has 32 heavy (non-hydrogen) atoms. The van der Waals surface area contributed by atoms with E-state index >= 15 is 0 Å². The first-order chi connectivity index (χ1) is 15.5. The van der Waals surface area contributed by atoms with Crippen molar-refractivity contribution in [1.82, 2.24) is 0 Å². The molecule has 0 bridgehead atoms. The average molecular weight is 446 g/mol. The molecule has 3 atom stereocenters. The first kappa shape index (κ1) is 20.6. The maximum absolute atomic E-state index is 13.2. The van der Waals surface area contributed by atoms with E-state index in [2.05, 4.69) is 12.1 Å². The lowest BCUT2D eigenvalue weighted by molar-refractivity contribution is -0.122. The van der Waals surface area contributed by atoms with Gasteiger partial charge in [-0.3, -0.25) is 14.5 Å². The Kier molecular flexibility index (Phi) is 5.18. The van der Waals surface area contributed by atoms with E-state index in [1.165, 1.54) is 22.6 Å². The predicted molar refractivity (Wildman–Crippen MR) is 121 cm³/mol. The molecule has 5 nitrogen and oxygen atoms in total. The van der Waals surface area contributed by atoms with Gasteiger partial charge in [-0.15, -0.1) is 0 Å². The minimum absolute atomic E-state index is 0.133. The van der Waals surface area contributed by atoms with E-state index in [0.717, 1.165) is 6.42 Å². The van der Waals surface area contributed by atoms with Gasteiger partial charge in [-0.05, 0) is 67.1 Å². The highest BCUT2D eigenvalue weighted by Gasteiger charge is 2.50. The summed E-state index contributed by atoms with van der Waals surface area (Å²) in [5.74, 6) is -0.707. The number of sulfone groups is 1. The lowest BCUT2D eigenvalue weighted by Gasteiger charge is -2.28. The molecule has 162 valence electrons. The fourth-order valence-corrected chi connectivity index (χ4v) is 6.25. The number of carbonyl (C=O) groups excluding carboxylic acids is 2. The van der Waals surface area contributed by atoms with Crippen LogP contribution in [0, 0.1) is 11.8 Å². The Bertz CT molecular complexity index is 1250. The summed E-state index contributed by atoms with van der Waals surface area (Å²) in [5.41, 5.74) is 1.64. The second-order valence-electron chi connectivity index (χ2n) is 8.46. The molecule has 3 aromatic carbocycles. The van der Waals surface area contributed by atoms with E-state index in [9.17, 15) is 18.0 Å². The molecule has 3 unspecified atom stereocenters. The summed E-state index contributed by atoms with van der Waals surface area (Å²) in [7, 11) is -3.65. The lowest BCUT2D eigenvalue weighted by atomic mass is 9.73. The van der Waals surface area contributed by atoms with Crippen molar-refractivity contribution in [3.8, 4) is 0 Å². The Morgan fingerprint density at radius 1 is 0.656 bits per heavy atom. The fraction of sp³-hybridized carbons (Fsp3) is 0.231. The lowest BCUT2D eigenvalue weighted by Crippen LogP contribution is -2.30. The van der Waals surface area contributed by atoms with E-state index in [1.807, 2.05) is 18.2 Å². The van der Waals surface area contributed by atoms with Crippen LogP contribution in [0.5, 0.6) is 0 Å². The third-order valence-corrected chi connectivity index (χ3v) is 8.44. The van der Waals surface area contributed by atoms with Crippen molar-refractivity contribution in [1.29, 1.82) is 0 Å². The van der Waals surface area contributed by atoms with E-state index in [0.29, 0.717) is 18.5 Å². The molecule has 2 fully saturated rings. The summed E-state index contributed by atoms with van der Waals surface area (Å²) < 4.78 is 25.6. The summed E-state index contributed by atoms with van der Waals surface area (Å²) in [6, 6.07) is 24.4. The van der Waals surface area contributed by atoms with Crippen LogP contribution in [0.15, 0.2) is 94.7 Å². The van der Waals surface area contributed by atoms with Crippen LogP contribution in [0.3, 0.4) is 0 Å². The molecule has 1 aliphatic heterocycles. The van der Waals surface area contributed by atoms with Gasteiger partial charge in [0.25, 0.3) is 0 Å². The molecule has 0 spiro atoms. The molecule has 5 rings (SSSR count). The zero-order valence-electron chi connectivity index (χ0n) is 17.4. The van der Waals surface area contributed by atoms with Crippen molar-refractivity contribution in [2.45, 2.75) is 35.0 Å². The van der Waals surface area contributed by atoms with Gasteiger partial charge in [0.05, 0.1) is 27.3 Å². The molecule has 2 aliphatic rings. The number of imide groups is 1. The Labute approximate surface area is 187 Å². The largest absolute Gasteiger partial charge is 0.274 e. The Morgan fingerprint density at radius 3 is 1.88 bits per heavy atom. The number of anilines is 1. The maximum atomic E-state index is 13.2. The number of rotatable bonds is 4. The van der Waals surface area contributed by atoms with Gasteiger partial charge >= 0.3 is 0 Å². The zero-order valence-corrected chi connectivity index (χ0v) is 18.2. The summed E-state index contributed by atoms with van der Waals surface area (Å²) >= 11 is 0. The molecule has 2 amide bonds. The quantitative estimate of drug-likeness (QED) is 0.551. The number of amides is 2. The second kappa shape index (κ2) is 8.02. The molecule has 1 saturated heterocycles. The topological polar surface area (TPSA) is 71.5 Å². The third kappa shape index (κ3) is 3.45. The zero-order chi connectivity index (χ0) is 22.3. The number of hydrogen-bond acceptors (Lipinski definition) is 4. The molecular weight excluding hydrogens is 422 g/mol. The molecule has 1 heterocycles. The van der Waals surface area contributed by atoms with Gasteiger partial charge < -0.3 is 0 Å². The molecule has 0 radical (unpaired) electrons. The fourth-order valence-electron chi connectivity index (χ4n) is 4.97. The first-order valence-electron chi connectivity index (χ1n) is 10.8. The van der Waals surface area contributed by atoms with Crippen molar-refractivity contribution in [2.24, 2.45) is 11.8 Å². The van der Waals surface area contributed by atoms with Crippen molar-refractivity contribution < 1.29 is 18.0 Å². The van der Waals surface area contributed by atoms with E-state index < -0.39 is 9.84 Å². The summed E-state index contributed by atoms with van der Waals surface area (Å²) in [6.07, 6.45) is 2.23. The number of hydrogen-bond donors (Lipinski definition) is 0. The number of benzene rings is 3. The van der Waals surface area contributed by atoms with Crippen LogP contribution in [0.1, 0.15) is 30.7 Å². The van der Waals surface area contributed by atoms with Gasteiger partial charge in [0.15, 0.2) is 0 Å². The maximum Gasteiger partial charge on any atom is 0.237 e. The molecule has 0 N–H and O–H groups in total. The highest BCUT2D eigenvalue weighted by Crippen LogP contribution is 2.45. The third-order valence-electron chi connectivity index (χ3n) is 6.66. The van der Waals surface area contributed by atoms with Crippen LogP contribution in [0.2, 0.25) is 0 Å². The molecule has 1 aliphatic carbocycles. The average Bonchev–Trinajstić information content (AvgIpc) is 3.09. The molecule has 6 heteroatoms. The van der Waals surface area contributed by atoms with E-state index in [4.69, 9.17) is 0 Å². The minimum atomic E-state index is -3.65. The normalized spacial score (nSPS) is 23.2. The van der Waals surface area contributed by atoms with Crippen LogP contribution < -0.4 is 4.90 Å². The molecule has 0 aromatic heterocycles. The minimum Gasteiger partial charge on any atom is -0.274 e. The predicted octanol–water partition coefficient (Wildman–Crippen LogP) is 4.59. The van der Waals surface area contributed by atoms with Gasteiger partial charge in [0.1, 0.15) is 0 Å². The Hall–Kier alpha value is -3.25. The van der Waals surface area contributed by atoms with Crippen LogP contribution in [-0.2, 0) is 19.4 Å². The summed E-state index contributed by atoms with van der Waals surface area (Å²) in [6.45, 7) is 0. The van der Waals surface area contributed by atoms with Crippen LogP contribution in [0.25, 0.3) is 0 Å². The monoisotopic (exact) mass is 445 g/mol. The molecular formula is C26H23NO4S. The first-order valence-corrected chi connectivity index (χ1v) is 12.3. The summed E-state index contributed by atoms with van der Waals surface area (Å²) in [5, 5.41) is 0. The van der Waals surface area contributed by atoms with Gasteiger partial charge in [0, 0.05) is 0 Å². The van der Waals surface area contributed by atoms with Crippen molar-refractivity contribution in [3.63, 3.8) is 0 Å². The van der Waals surface area contributed by atoms with Crippen molar-refractivity contribution >= 4 is 27.3 Å². The Morgan fingerprint density at radius 2 is 1.22 bits per heavy atom. The highest BCUT2D eigenvalue weighted by atomic mass is 32.2. The van der Waals surface area contributed by atoms with Crippen LogP contribution in [-0.4, -0.2) is 20.2 Å². The second-order valence-corrected chi connectivity index (χ2v) is 10.4. The van der Waals surface area contributed by atoms with Crippen molar-refractivity contribution in [2.75, 3.05) is 4.90 Å². The number of fused-ring (bicyclic) bond motifs is 1. The van der Waals surface area contributed by atoms with Gasteiger partial charge in [-0.25, -0.2) is 8.42 Å². The van der Waals surface area contributed by atoms with Crippen molar-refractivity contribution in [3.05, 3.63) is 90.5 Å². The van der Waals surface area contributed by atoms with Crippen LogP contribution in [0.4, 0.5) is 5.69 Å². The number of carbonyl (C=O) groups is 2. The SMILES string of the molecule is O=C1C2CCC(c3ccccc3)CC2C(=O)N1c1ccc(S(=O)(=O)c2ccccc2)cc1. The molecule has 3 aromatic rings. The Balaban J connectivity index is 1.39. The standard InChI is InChI=1S/C26H23NO4S/c28-25-23-16-11-19(18-7-3-1-4-8-18)17-24(23)26(29)27(25)20-12-14-22(15-13-20)32(30,31)21-9-5-2-6-10-21/h1-10,12-15,19,23-24H,11,16-17H2. The highest BCUT2D eigenvalue weighted by molar-refractivity contribution is 7.91. The van der Waals surface area contributed by atoms with Gasteiger partial charge in [0.2, 0.25) is 21.7 Å². The van der Waals surface area contributed by atoms with E-state index in [1.54, 1.807) is 42.5 Å². The summed E-state index contributed by atoms with van der Waals surface area (Å²) in [4.78, 5) is 27.9. The van der Waals surface area contributed by atoms with E-state index in [-0.39, 0.29) is 39.4 Å². The van der Waals surface area contributed by atoms with Gasteiger partial charge in [-0.2, -0.15) is 0 Å². The molecule has 1 saturated carbocycles.